The molecule has 0 saturated carbocycles. The Morgan fingerprint density at radius 3 is 2.74 bits per heavy atom. The van der Waals surface area contributed by atoms with Gasteiger partial charge in [0.05, 0.1) is 0 Å². The lowest BCUT2D eigenvalue weighted by atomic mass is 10.1. The Kier molecular flexibility index (Phi) is 6.40. The molecule has 5 heteroatoms. The Labute approximate surface area is 127 Å². The Hall–Kier alpha value is -0.480. The number of piperazine rings is 1. The Balaban J connectivity index is 0.000000902. The number of fused-ring (bicyclic) bond motifs is 1. The Morgan fingerprint density at radius 2 is 2.00 bits per heavy atom. The van der Waals surface area contributed by atoms with Crippen LogP contribution in [0.3, 0.4) is 0 Å². The highest BCUT2D eigenvalue weighted by Gasteiger charge is 2.25. The van der Waals surface area contributed by atoms with Crippen molar-refractivity contribution in [2.45, 2.75) is 19.4 Å². The van der Waals surface area contributed by atoms with Gasteiger partial charge >= 0.3 is 0 Å². The maximum Gasteiger partial charge on any atom is 0.123 e. The van der Waals surface area contributed by atoms with E-state index in [-0.39, 0.29) is 24.8 Å². The van der Waals surface area contributed by atoms with Crippen LogP contribution in [0.5, 0.6) is 5.75 Å². The number of halogens is 2. The van der Waals surface area contributed by atoms with Gasteiger partial charge < -0.3 is 10.1 Å². The fourth-order valence-electron chi connectivity index (χ4n) is 2.73. The van der Waals surface area contributed by atoms with Crippen LogP contribution in [0.2, 0.25) is 0 Å². The van der Waals surface area contributed by atoms with Crippen LogP contribution in [0.1, 0.15) is 11.1 Å². The first-order valence-electron chi connectivity index (χ1n) is 6.50. The summed E-state index contributed by atoms with van der Waals surface area (Å²) in [6, 6.07) is 6.50. The molecule has 108 valence electrons. The van der Waals surface area contributed by atoms with Crippen LogP contribution in [-0.4, -0.2) is 43.7 Å². The third kappa shape index (κ3) is 3.99. The van der Waals surface area contributed by atoms with Crippen LogP contribution in [0.15, 0.2) is 18.2 Å². The van der Waals surface area contributed by atoms with E-state index in [0.29, 0.717) is 6.10 Å². The molecular formula is C14H22Cl2N2O. The highest BCUT2D eigenvalue weighted by atomic mass is 35.5. The predicted molar refractivity (Wildman–Crippen MR) is 83.1 cm³/mol. The van der Waals surface area contributed by atoms with Crippen LogP contribution < -0.4 is 10.1 Å². The van der Waals surface area contributed by atoms with Crippen molar-refractivity contribution in [3.8, 4) is 5.75 Å². The van der Waals surface area contributed by atoms with Crippen LogP contribution in [0.25, 0.3) is 0 Å². The summed E-state index contributed by atoms with van der Waals surface area (Å²) < 4.78 is 6.00. The first-order chi connectivity index (χ1) is 8.31. The van der Waals surface area contributed by atoms with E-state index >= 15 is 0 Å². The lowest BCUT2D eigenvalue weighted by Crippen LogP contribution is -2.47. The molecule has 2 aliphatic rings. The fraction of sp³-hybridized carbons (Fsp3) is 0.571. The molecule has 1 aromatic rings. The average Bonchev–Trinajstić information content (AvgIpc) is 2.71. The fourth-order valence-corrected chi connectivity index (χ4v) is 2.73. The number of benzene rings is 1. The standard InChI is InChI=1S/C14H20N2O.2ClH/c1-11-2-3-14-12(8-11)9-13(17-14)10-16-6-4-15-5-7-16;;/h2-3,8,13,15H,4-7,9-10H2,1H3;2*1H. The van der Waals surface area contributed by atoms with Crippen LogP contribution >= 0.6 is 24.8 Å². The summed E-state index contributed by atoms with van der Waals surface area (Å²) >= 11 is 0. The monoisotopic (exact) mass is 304 g/mol. The molecule has 1 aromatic carbocycles. The minimum absolute atomic E-state index is 0. The number of hydrogen-bond acceptors (Lipinski definition) is 3. The van der Waals surface area contributed by atoms with Crippen molar-refractivity contribution in [1.29, 1.82) is 0 Å². The van der Waals surface area contributed by atoms with Crippen LogP contribution in [-0.2, 0) is 6.42 Å². The molecule has 0 bridgehead atoms. The lowest BCUT2D eigenvalue weighted by Gasteiger charge is -2.29. The second kappa shape index (κ2) is 7.34. The van der Waals surface area contributed by atoms with Gasteiger partial charge in [0.25, 0.3) is 0 Å². The third-order valence-electron chi connectivity index (χ3n) is 3.63. The number of rotatable bonds is 2. The molecule has 0 radical (unpaired) electrons. The first kappa shape index (κ1) is 16.6. The van der Waals surface area contributed by atoms with Crippen molar-refractivity contribution in [3.63, 3.8) is 0 Å². The second-order valence-electron chi connectivity index (χ2n) is 5.11. The molecule has 1 N–H and O–H groups in total. The molecule has 2 heterocycles. The molecule has 0 aliphatic carbocycles. The van der Waals surface area contributed by atoms with E-state index in [9.17, 15) is 0 Å². The van der Waals surface area contributed by atoms with E-state index in [0.717, 1.165) is 44.9 Å². The molecule has 3 nitrogen and oxygen atoms in total. The summed E-state index contributed by atoms with van der Waals surface area (Å²) in [6.45, 7) is 7.72. The number of hydrogen-bond donors (Lipinski definition) is 1. The van der Waals surface area contributed by atoms with Gasteiger partial charge in [0, 0.05) is 39.1 Å². The van der Waals surface area contributed by atoms with Crippen molar-refractivity contribution in [2.75, 3.05) is 32.7 Å². The summed E-state index contributed by atoms with van der Waals surface area (Å²) in [5, 5.41) is 3.38. The molecule has 1 unspecified atom stereocenters. The normalized spacial score (nSPS) is 21.8. The number of nitrogens with one attached hydrogen (secondary N) is 1. The second-order valence-corrected chi connectivity index (χ2v) is 5.11. The molecule has 0 spiro atoms. The average molecular weight is 305 g/mol. The lowest BCUT2D eigenvalue weighted by molar-refractivity contribution is 0.139. The van der Waals surface area contributed by atoms with Crippen molar-refractivity contribution >= 4 is 24.8 Å². The highest BCUT2D eigenvalue weighted by Crippen LogP contribution is 2.29. The molecule has 2 aliphatic heterocycles. The van der Waals surface area contributed by atoms with Crippen molar-refractivity contribution in [3.05, 3.63) is 29.3 Å². The van der Waals surface area contributed by atoms with Crippen LogP contribution in [0.4, 0.5) is 0 Å². The van der Waals surface area contributed by atoms with E-state index in [4.69, 9.17) is 4.74 Å². The zero-order valence-corrected chi connectivity index (χ0v) is 12.9. The quantitative estimate of drug-likeness (QED) is 0.905. The maximum atomic E-state index is 6.00. The van der Waals surface area contributed by atoms with Gasteiger partial charge in [-0.1, -0.05) is 17.7 Å². The highest BCUT2D eigenvalue weighted by molar-refractivity contribution is 5.85. The molecule has 1 saturated heterocycles. The molecule has 0 aromatic heterocycles. The minimum atomic E-state index is 0. The van der Waals surface area contributed by atoms with Gasteiger partial charge in [0.1, 0.15) is 11.9 Å². The van der Waals surface area contributed by atoms with Crippen molar-refractivity contribution in [1.82, 2.24) is 10.2 Å². The van der Waals surface area contributed by atoms with Crippen LogP contribution in [0, 0.1) is 6.92 Å². The minimum Gasteiger partial charge on any atom is -0.488 e. The smallest absolute Gasteiger partial charge is 0.123 e. The first-order valence-corrected chi connectivity index (χ1v) is 6.50. The summed E-state index contributed by atoms with van der Waals surface area (Å²) in [4.78, 5) is 2.50. The van der Waals surface area contributed by atoms with Gasteiger partial charge in [0.15, 0.2) is 0 Å². The molecule has 1 fully saturated rings. The SMILES string of the molecule is Cc1ccc2c(c1)CC(CN1CCNCC1)O2.Cl.Cl. The predicted octanol–water partition coefficient (Wildman–Crippen LogP) is 2.05. The molecule has 1 atom stereocenters. The summed E-state index contributed by atoms with van der Waals surface area (Å²) in [5.41, 5.74) is 2.71. The van der Waals surface area contributed by atoms with E-state index in [2.05, 4.69) is 35.3 Å². The van der Waals surface area contributed by atoms with E-state index in [1.165, 1.54) is 11.1 Å². The zero-order valence-electron chi connectivity index (χ0n) is 11.2. The molecule has 3 rings (SSSR count). The largest absolute Gasteiger partial charge is 0.488 e. The zero-order chi connectivity index (χ0) is 11.7. The number of aryl methyl sites for hydroxylation is 1. The van der Waals surface area contributed by atoms with Gasteiger partial charge in [-0.15, -0.1) is 24.8 Å². The maximum absolute atomic E-state index is 6.00. The number of nitrogens with zero attached hydrogens (tertiary/aromatic N) is 1. The van der Waals surface area contributed by atoms with Crippen molar-refractivity contribution in [2.24, 2.45) is 0 Å². The Morgan fingerprint density at radius 1 is 1.26 bits per heavy atom. The summed E-state index contributed by atoms with van der Waals surface area (Å²) in [6.07, 6.45) is 1.42. The van der Waals surface area contributed by atoms with Gasteiger partial charge in [-0.2, -0.15) is 0 Å². The van der Waals surface area contributed by atoms with Crippen molar-refractivity contribution < 1.29 is 4.74 Å². The molecular weight excluding hydrogens is 283 g/mol. The summed E-state index contributed by atoms with van der Waals surface area (Å²) in [7, 11) is 0. The topological polar surface area (TPSA) is 24.5 Å². The molecule has 19 heavy (non-hydrogen) atoms. The van der Waals surface area contributed by atoms with Gasteiger partial charge in [-0.25, -0.2) is 0 Å². The van der Waals surface area contributed by atoms with E-state index in [1.54, 1.807) is 0 Å². The molecule has 0 amide bonds. The third-order valence-corrected chi connectivity index (χ3v) is 3.63. The number of ether oxygens (including phenoxy) is 1. The van der Waals surface area contributed by atoms with E-state index < -0.39 is 0 Å². The Bertz CT molecular complexity index is 408. The van der Waals surface area contributed by atoms with Gasteiger partial charge in [-0.3, -0.25) is 4.90 Å². The van der Waals surface area contributed by atoms with Gasteiger partial charge in [0.2, 0.25) is 0 Å². The van der Waals surface area contributed by atoms with E-state index in [1.807, 2.05) is 0 Å². The summed E-state index contributed by atoms with van der Waals surface area (Å²) in [5.74, 6) is 1.09. The van der Waals surface area contributed by atoms with Gasteiger partial charge in [-0.05, 0) is 18.6 Å².